The molecule has 0 heterocycles. The van der Waals surface area contributed by atoms with E-state index in [0.29, 0.717) is 28.1 Å². The molecule has 0 fully saturated rings. The van der Waals surface area contributed by atoms with Gasteiger partial charge in [0.1, 0.15) is 0 Å². The van der Waals surface area contributed by atoms with Crippen LogP contribution >= 0.6 is 129 Å². The Morgan fingerprint density at radius 1 is 0.476 bits per heavy atom. The first kappa shape index (κ1) is 44.9. The lowest BCUT2D eigenvalue weighted by molar-refractivity contribution is -0.109. The van der Waals surface area contributed by atoms with Crippen LogP contribution in [0, 0.1) is 0 Å². The fourth-order valence-electron chi connectivity index (χ4n) is 2.29. The van der Waals surface area contributed by atoms with Gasteiger partial charge in [0, 0.05) is 90.9 Å². The Morgan fingerprint density at radius 3 is 1.55 bits per heavy atom. The molecule has 248 valence electrons. The summed E-state index contributed by atoms with van der Waals surface area (Å²) < 4.78 is 12.2. The van der Waals surface area contributed by atoms with Crippen molar-refractivity contribution < 1.29 is 28.8 Å². The largest absolute Gasteiger partial charge is 0.396 e. The molecular weight excluding hydrogens is 769 g/mol. The van der Waals surface area contributed by atoms with Crippen LogP contribution in [-0.4, -0.2) is 145 Å². The molecule has 2 N–H and O–H groups in total. The number of thioether (sulfide) groups is 11. The molecule has 18 heteroatoms. The Hall–Kier alpha value is 2.93. The monoisotopic (exact) mass is 812 g/mol. The molecule has 0 aromatic rings. The second-order valence-corrected chi connectivity index (χ2v) is 22.6. The topological polar surface area (TPSA) is 109 Å². The van der Waals surface area contributed by atoms with E-state index in [-0.39, 0.29) is 28.6 Å². The third-order valence-electron chi connectivity index (χ3n) is 4.23. The van der Waals surface area contributed by atoms with E-state index in [1.807, 2.05) is 0 Å². The molecule has 0 rings (SSSR count). The highest BCUT2D eigenvalue weighted by Gasteiger charge is 2.07. The van der Waals surface area contributed by atoms with Crippen LogP contribution in [0.3, 0.4) is 0 Å². The summed E-state index contributed by atoms with van der Waals surface area (Å²) in [7, 11) is -0.809. The van der Waals surface area contributed by atoms with Crippen molar-refractivity contribution in [2.24, 2.45) is 0 Å². The molecule has 1 atom stereocenters. The zero-order valence-electron chi connectivity index (χ0n) is 23.8. The first-order valence-corrected chi connectivity index (χ1v) is 26.8. The number of aliphatic hydroxyl groups excluding tert-OH is 2. The smallest absolute Gasteiger partial charge is 0.199 e. The maximum absolute atomic E-state index is 12.2. The van der Waals surface area contributed by atoms with Gasteiger partial charge in [0.2, 0.25) is 0 Å². The number of hydrogen-bond donors (Lipinski definition) is 2. The zero-order valence-corrected chi connectivity index (χ0v) is 33.6. The van der Waals surface area contributed by atoms with Crippen molar-refractivity contribution >= 4 is 156 Å². The lowest BCUT2D eigenvalue weighted by atomic mass is 10.5. The Kier molecular flexibility index (Phi) is 39.3. The van der Waals surface area contributed by atoms with Gasteiger partial charge in [-0.1, -0.05) is 35.3 Å². The Morgan fingerprint density at radius 2 is 0.952 bits per heavy atom. The van der Waals surface area contributed by atoms with Crippen LogP contribution in [0.5, 0.6) is 0 Å². The Labute approximate surface area is 302 Å². The van der Waals surface area contributed by atoms with E-state index in [0.717, 1.165) is 79.9 Å². The van der Waals surface area contributed by atoms with Gasteiger partial charge in [-0.3, -0.25) is 18.6 Å². The van der Waals surface area contributed by atoms with Crippen molar-refractivity contribution in [2.45, 2.75) is 6.42 Å². The van der Waals surface area contributed by atoms with Crippen LogP contribution in [0.25, 0.3) is 0 Å². The predicted molar refractivity (Wildman–Crippen MR) is 213 cm³/mol. The minimum absolute atomic E-state index is 0.189. The third kappa shape index (κ3) is 35.8. The summed E-state index contributed by atoms with van der Waals surface area (Å²) in [5, 5.41) is 20.2. The van der Waals surface area contributed by atoms with E-state index in [9.17, 15) is 18.6 Å². The fourth-order valence-corrected chi connectivity index (χ4v) is 15.3. The van der Waals surface area contributed by atoms with Crippen molar-refractivity contribution in [1.82, 2.24) is 0 Å². The molecule has 0 spiro atoms. The fraction of sp³-hybridized carbons (Fsp3) is 0.875. The molecule has 0 aromatic heterocycles. The summed E-state index contributed by atoms with van der Waals surface area (Å²) >= 11 is 17.6. The molecule has 0 aliphatic carbocycles. The maximum atomic E-state index is 12.2. The van der Waals surface area contributed by atoms with Gasteiger partial charge in [-0.2, -0.15) is 70.6 Å². The van der Waals surface area contributed by atoms with E-state index in [1.54, 1.807) is 94.1 Å². The molecule has 0 amide bonds. The first-order chi connectivity index (χ1) is 20.5. The average molecular weight is 813 g/mol. The lowest BCUT2D eigenvalue weighted by Crippen LogP contribution is -2.05. The SMILES string of the molecule is O=C(CSCCSCCS(=O)CSCCSCSC(=O)CSCCSCC(=O)SCSCCCO)SCCSCCO. The quantitative estimate of drug-likeness (QED) is 0.0647. The standard InChI is InChI=1S/C24H44O6S12/c25-2-1-4-36-19-40-23(28)17-34-8-9-35-18-24(29)41-20-37-10-11-38-21-42(30)15-14-32-6-7-33-16-22(27)39-13-12-31-5-3-26/h25-26H,1-21H2. The third-order valence-corrected chi connectivity index (χ3v) is 18.9. The maximum Gasteiger partial charge on any atom is 0.199 e. The van der Waals surface area contributed by atoms with Gasteiger partial charge < -0.3 is 10.2 Å². The van der Waals surface area contributed by atoms with Crippen LogP contribution in [0.15, 0.2) is 0 Å². The van der Waals surface area contributed by atoms with Gasteiger partial charge in [0.05, 0.1) is 29.0 Å². The summed E-state index contributed by atoms with van der Waals surface area (Å²) in [5.74, 6) is 12.0. The van der Waals surface area contributed by atoms with Gasteiger partial charge in [0.15, 0.2) is 15.3 Å². The van der Waals surface area contributed by atoms with Gasteiger partial charge in [-0.25, -0.2) is 0 Å². The normalized spacial score (nSPS) is 12.0. The van der Waals surface area contributed by atoms with Crippen LogP contribution in [0.1, 0.15) is 6.42 Å². The predicted octanol–water partition coefficient (Wildman–Crippen LogP) is 5.63. The second kappa shape index (κ2) is 36.8. The number of aliphatic hydroxyl groups is 2. The summed E-state index contributed by atoms with van der Waals surface area (Å²) in [6.07, 6.45) is 0.770. The minimum atomic E-state index is -0.809. The zero-order chi connectivity index (χ0) is 30.9. The molecule has 0 aliphatic heterocycles. The number of carbonyl (C=O) groups is 3. The first-order valence-electron chi connectivity index (χ1n) is 13.1. The Balaban J connectivity index is 3.38. The van der Waals surface area contributed by atoms with Crippen molar-refractivity contribution in [2.75, 3.05) is 115 Å². The van der Waals surface area contributed by atoms with Gasteiger partial charge >= 0.3 is 0 Å². The van der Waals surface area contributed by atoms with E-state index < -0.39 is 10.8 Å². The highest BCUT2D eigenvalue weighted by atomic mass is 32.2. The highest BCUT2D eigenvalue weighted by Crippen LogP contribution is 2.20. The van der Waals surface area contributed by atoms with E-state index >= 15 is 0 Å². The van der Waals surface area contributed by atoms with Crippen molar-refractivity contribution in [3.05, 3.63) is 0 Å². The average Bonchev–Trinajstić information content (AvgIpc) is 2.97. The van der Waals surface area contributed by atoms with Crippen molar-refractivity contribution in [3.8, 4) is 0 Å². The van der Waals surface area contributed by atoms with Gasteiger partial charge in [-0.05, 0) is 12.2 Å². The molecule has 0 bridgehead atoms. The van der Waals surface area contributed by atoms with E-state index in [4.69, 9.17) is 10.2 Å². The number of hydrogen-bond acceptors (Lipinski definition) is 17. The van der Waals surface area contributed by atoms with Gasteiger partial charge in [0.25, 0.3) is 0 Å². The molecular formula is C24H44O6S12. The van der Waals surface area contributed by atoms with Crippen molar-refractivity contribution in [1.29, 1.82) is 0 Å². The molecule has 1 unspecified atom stereocenters. The second-order valence-electron chi connectivity index (χ2n) is 7.66. The number of rotatable bonds is 32. The molecule has 42 heavy (non-hydrogen) atoms. The van der Waals surface area contributed by atoms with E-state index in [1.165, 1.54) is 35.3 Å². The minimum Gasteiger partial charge on any atom is -0.396 e. The Bertz CT molecular complexity index is 692. The summed E-state index contributed by atoms with van der Waals surface area (Å²) in [6, 6.07) is 0. The van der Waals surface area contributed by atoms with Crippen LogP contribution < -0.4 is 0 Å². The summed E-state index contributed by atoms with van der Waals surface area (Å²) in [4.78, 5) is 35.6. The lowest BCUT2D eigenvalue weighted by Gasteiger charge is -2.04. The van der Waals surface area contributed by atoms with Crippen LogP contribution in [0.4, 0.5) is 0 Å². The van der Waals surface area contributed by atoms with E-state index in [2.05, 4.69) is 0 Å². The van der Waals surface area contributed by atoms with Crippen LogP contribution in [-0.2, 0) is 25.2 Å². The van der Waals surface area contributed by atoms with Crippen molar-refractivity contribution in [3.63, 3.8) is 0 Å². The molecule has 0 aliphatic rings. The van der Waals surface area contributed by atoms with Crippen LogP contribution in [0.2, 0.25) is 0 Å². The molecule has 0 saturated carbocycles. The van der Waals surface area contributed by atoms with Gasteiger partial charge in [-0.15, -0.1) is 23.5 Å². The molecule has 0 saturated heterocycles. The summed E-state index contributed by atoms with van der Waals surface area (Å²) in [6.45, 7) is 0.389. The highest BCUT2D eigenvalue weighted by molar-refractivity contribution is 8.25. The number of carbonyl (C=O) groups excluding carboxylic acids is 3. The summed E-state index contributed by atoms with van der Waals surface area (Å²) in [5.41, 5.74) is 0. The molecule has 0 radical (unpaired) electrons. The molecule has 6 nitrogen and oxygen atoms in total. The molecule has 0 aromatic carbocycles.